The highest BCUT2D eigenvalue weighted by Gasteiger charge is 2.18. The van der Waals surface area contributed by atoms with Crippen molar-refractivity contribution >= 4 is 28.3 Å². The number of nitrogens with one attached hydrogen (secondary N) is 1. The van der Waals surface area contributed by atoms with Crippen molar-refractivity contribution in [1.82, 2.24) is 4.98 Å². The van der Waals surface area contributed by atoms with E-state index in [2.05, 4.69) is 48.4 Å². The lowest BCUT2D eigenvalue weighted by atomic mass is 10.0. The highest BCUT2D eigenvalue weighted by molar-refractivity contribution is 7.17. The molecule has 0 saturated carbocycles. The van der Waals surface area contributed by atoms with E-state index < -0.39 is 5.97 Å². The van der Waals surface area contributed by atoms with Crippen molar-refractivity contribution in [2.24, 2.45) is 0 Å². The number of rotatable bonds is 7. The molecule has 0 fully saturated rings. The molecular weight excluding hydrogens is 336 g/mol. The molecule has 0 saturated heterocycles. The Kier molecular flexibility index (Phi) is 6.70. The van der Waals surface area contributed by atoms with Crippen molar-refractivity contribution in [3.05, 3.63) is 46.0 Å². The Balaban J connectivity index is 1.94. The third-order valence-electron chi connectivity index (χ3n) is 3.94. The fourth-order valence-electron chi connectivity index (χ4n) is 2.41. The highest BCUT2D eigenvalue weighted by Crippen LogP contribution is 2.24. The number of nitrogens with zero attached hydrogens (tertiary/aromatic N) is 1. The molecule has 0 aliphatic carbocycles. The summed E-state index contributed by atoms with van der Waals surface area (Å²) in [6.45, 7) is 6.22. The van der Waals surface area contributed by atoms with Crippen LogP contribution >= 0.6 is 11.3 Å². The van der Waals surface area contributed by atoms with Gasteiger partial charge in [0.15, 0.2) is 5.13 Å². The van der Waals surface area contributed by atoms with Crippen LogP contribution in [0.5, 0.6) is 0 Å². The maximum Gasteiger partial charge on any atom is 0.350 e. The molecule has 0 spiro atoms. The van der Waals surface area contributed by atoms with Crippen LogP contribution in [0.3, 0.4) is 0 Å². The lowest BCUT2D eigenvalue weighted by Crippen LogP contribution is -2.12. The average Bonchev–Trinajstić information content (AvgIpc) is 3.02. The maximum absolute atomic E-state index is 12.1. The lowest BCUT2D eigenvalue weighted by molar-refractivity contribution is -0.116. The van der Waals surface area contributed by atoms with Crippen LogP contribution in [0.4, 0.5) is 5.13 Å². The number of methoxy groups -OCH3 is 1. The van der Waals surface area contributed by atoms with Crippen LogP contribution in [-0.4, -0.2) is 24.0 Å². The van der Waals surface area contributed by atoms with Gasteiger partial charge in [-0.1, -0.05) is 56.4 Å². The molecule has 25 heavy (non-hydrogen) atoms. The summed E-state index contributed by atoms with van der Waals surface area (Å²) in [5.74, 6) is -0.0279. The topological polar surface area (TPSA) is 68.3 Å². The number of carbonyl (C=O) groups excluding carboxylic acids is 2. The fourth-order valence-corrected chi connectivity index (χ4v) is 3.39. The molecule has 1 N–H and O–H groups in total. The van der Waals surface area contributed by atoms with Crippen LogP contribution in [0.25, 0.3) is 0 Å². The second-order valence-electron chi connectivity index (χ2n) is 6.08. The van der Waals surface area contributed by atoms with E-state index in [-0.39, 0.29) is 5.91 Å². The number of thiazole rings is 1. The van der Waals surface area contributed by atoms with Crippen molar-refractivity contribution in [3.63, 3.8) is 0 Å². The number of hydrogen-bond donors (Lipinski definition) is 1. The third-order valence-corrected chi connectivity index (χ3v) is 4.93. The first kappa shape index (κ1) is 19.1. The predicted octanol–water partition coefficient (Wildman–Crippen LogP) is 4.19. The van der Waals surface area contributed by atoms with E-state index in [4.69, 9.17) is 4.74 Å². The van der Waals surface area contributed by atoms with Gasteiger partial charge in [-0.15, -0.1) is 0 Å². The van der Waals surface area contributed by atoms with Crippen LogP contribution in [0.1, 0.15) is 59.6 Å². The van der Waals surface area contributed by atoms with Gasteiger partial charge in [-0.05, 0) is 29.9 Å². The molecule has 1 amide bonds. The first-order valence-electron chi connectivity index (χ1n) is 8.41. The van der Waals surface area contributed by atoms with E-state index in [0.29, 0.717) is 40.9 Å². The molecule has 0 aliphatic rings. The van der Waals surface area contributed by atoms with Gasteiger partial charge in [0.1, 0.15) is 4.88 Å². The molecular formula is C19H24N2O3S. The van der Waals surface area contributed by atoms with Gasteiger partial charge in [0.2, 0.25) is 5.91 Å². The van der Waals surface area contributed by atoms with Crippen molar-refractivity contribution < 1.29 is 14.3 Å². The van der Waals surface area contributed by atoms with Crippen LogP contribution in [-0.2, 0) is 22.4 Å². The lowest BCUT2D eigenvalue weighted by Gasteiger charge is -2.07. The molecule has 2 rings (SSSR count). The first-order chi connectivity index (χ1) is 11.9. The van der Waals surface area contributed by atoms with Gasteiger partial charge in [-0.2, -0.15) is 0 Å². The number of amides is 1. The van der Waals surface area contributed by atoms with Gasteiger partial charge < -0.3 is 10.1 Å². The summed E-state index contributed by atoms with van der Waals surface area (Å²) in [5, 5.41) is 3.22. The van der Waals surface area contributed by atoms with E-state index in [0.717, 1.165) is 16.9 Å². The van der Waals surface area contributed by atoms with Crippen LogP contribution in [0, 0.1) is 0 Å². The first-order valence-corrected chi connectivity index (χ1v) is 9.23. The molecule has 0 radical (unpaired) electrons. The van der Waals surface area contributed by atoms with Gasteiger partial charge in [-0.25, -0.2) is 9.78 Å². The molecule has 5 nitrogen and oxygen atoms in total. The normalized spacial score (nSPS) is 10.8. The van der Waals surface area contributed by atoms with Gasteiger partial charge in [-0.3, -0.25) is 4.79 Å². The summed E-state index contributed by atoms with van der Waals surface area (Å²) in [5.41, 5.74) is 3.07. The maximum atomic E-state index is 12.1. The number of hydrogen-bond acceptors (Lipinski definition) is 5. The van der Waals surface area contributed by atoms with Crippen LogP contribution < -0.4 is 5.32 Å². The number of aromatic nitrogens is 1. The summed E-state index contributed by atoms with van der Waals surface area (Å²) < 4.78 is 4.75. The Morgan fingerprint density at radius 3 is 2.48 bits per heavy atom. The summed E-state index contributed by atoms with van der Waals surface area (Å²) in [6.07, 6.45) is 1.65. The second kappa shape index (κ2) is 8.76. The number of aryl methyl sites for hydroxylation is 2. The predicted molar refractivity (Wildman–Crippen MR) is 100 cm³/mol. The average molecular weight is 360 g/mol. The molecule has 0 atom stereocenters. The zero-order chi connectivity index (χ0) is 18.4. The van der Waals surface area contributed by atoms with Gasteiger partial charge >= 0.3 is 5.97 Å². The van der Waals surface area contributed by atoms with E-state index in [1.807, 2.05) is 6.92 Å². The number of ether oxygens (including phenoxy) is 1. The number of carbonyl (C=O) groups is 2. The van der Waals surface area contributed by atoms with Gasteiger partial charge in [0.05, 0.1) is 12.8 Å². The molecule has 0 bridgehead atoms. The molecule has 0 aliphatic heterocycles. The van der Waals surface area contributed by atoms with Crippen molar-refractivity contribution in [2.45, 2.75) is 46.0 Å². The standard InChI is InChI=1S/C19H24N2O3S/c1-5-15-17(18(23)24-4)25-19(20-15)21-16(22)11-8-13-6-9-14(10-7-13)12(2)3/h6-7,9-10,12H,5,8,11H2,1-4H3,(H,20,21,22). The monoisotopic (exact) mass is 360 g/mol. The largest absolute Gasteiger partial charge is 0.465 e. The van der Waals surface area contributed by atoms with Crippen LogP contribution in [0.15, 0.2) is 24.3 Å². The summed E-state index contributed by atoms with van der Waals surface area (Å²) in [4.78, 5) is 28.6. The number of anilines is 1. The molecule has 6 heteroatoms. The van der Waals surface area contributed by atoms with Crippen LogP contribution in [0.2, 0.25) is 0 Å². The fraction of sp³-hybridized carbons (Fsp3) is 0.421. The van der Waals surface area contributed by atoms with Crippen molar-refractivity contribution in [2.75, 3.05) is 12.4 Å². The van der Waals surface area contributed by atoms with Gasteiger partial charge in [0.25, 0.3) is 0 Å². The second-order valence-corrected chi connectivity index (χ2v) is 7.08. The minimum Gasteiger partial charge on any atom is -0.465 e. The van der Waals surface area contributed by atoms with Gasteiger partial charge in [0, 0.05) is 6.42 Å². The van der Waals surface area contributed by atoms with Crippen molar-refractivity contribution in [1.29, 1.82) is 0 Å². The third kappa shape index (κ3) is 5.13. The number of esters is 1. The molecule has 1 aromatic heterocycles. The zero-order valence-corrected chi connectivity index (χ0v) is 15.9. The highest BCUT2D eigenvalue weighted by atomic mass is 32.1. The summed E-state index contributed by atoms with van der Waals surface area (Å²) in [6, 6.07) is 8.34. The van der Waals surface area contributed by atoms with Crippen molar-refractivity contribution in [3.8, 4) is 0 Å². The SMILES string of the molecule is CCc1nc(NC(=O)CCc2ccc(C(C)C)cc2)sc1C(=O)OC. The molecule has 0 unspecified atom stereocenters. The molecule has 1 heterocycles. The molecule has 1 aromatic carbocycles. The Hall–Kier alpha value is -2.21. The molecule has 134 valence electrons. The minimum absolute atomic E-state index is 0.110. The van der Waals surface area contributed by atoms with E-state index >= 15 is 0 Å². The summed E-state index contributed by atoms with van der Waals surface area (Å²) in [7, 11) is 1.34. The van der Waals surface area contributed by atoms with E-state index in [1.54, 1.807) is 0 Å². The Labute approximate surface area is 152 Å². The minimum atomic E-state index is -0.417. The number of benzene rings is 1. The smallest absolute Gasteiger partial charge is 0.350 e. The Bertz CT molecular complexity index is 736. The molecule has 2 aromatic rings. The van der Waals surface area contributed by atoms with E-state index in [1.165, 1.54) is 12.7 Å². The summed E-state index contributed by atoms with van der Waals surface area (Å²) >= 11 is 1.15. The Morgan fingerprint density at radius 1 is 1.24 bits per heavy atom. The quantitative estimate of drug-likeness (QED) is 0.752. The Morgan fingerprint density at radius 2 is 1.92 bits per heavy atom. The zero-order valence-electron chi connectivity index (χ0n) is 15.1. The van der Waals surface area contributed by atoms with E-state index in [9.17, 15) is 9.59 Å².